The fourth-order valence-electron chi connectivity index (χ4n) is 11.9. The van der Waals surface area contributed by atoms with Crippen LogP contribution in [0.25, 0.3) is 0 Å². The molecule has 0 bridgehead atoms. The van der Waals surface area contributed by atoms with Crippen molar-refractivity contribution in [1.29, 1.82) is 0 Å². The second-order valence-corrected chi connectivity index (χ2v) is 29.1. The summed E-state index contributed by atoms with van der Waals surface area (Å²) in [7, 11) is 1.19. The van der Waals surface area contributed by atoms with Gasteiger partial charge in [-0.15, -0.1) is 0 Å². The van der Waals surface area contributed by atoms with E-state index in [4.69, 9.17) is 18.5 Å². The third-order valence-corrected chi connectivity index (χ3v) is 18.7. The summed E-state index contributed by atoms with van der Waals surface area (Å²) < 4.78 is 34.4. The van der Waals surface area contributed by atoms with E-state index in [0.717, 1.165) is 32.1 Å². The molecule has 0 aromatic heterocycles. The summed E-state index contributed by atoms with van der Waals surface area (Å²) in [6.07, 6.45) is 84.8. The van der Waals surface area contributed by atoms with E-state index < -0.39 is 26.5 Å². The van der Waals surface area contributed by atoms with E-state index in [0.29, 0.717) is 17.4 Å². The number of carbonyl (C=O) groups excluding carboxylic acids is 2. The first-order valence-corrected chi connectivity index (χ1v) is 39.9. The van der Waals surface area contributed by atoms with Crippen molar-refractivity contribution in [3.05, 3.63) is 12.2 Å². The van der Waals surface area contributed by atoms with Crippen LogP contribution < -0.4 is 4.89 Å². The molecule has 0 radical (unpaired) electrons. The molecule has 86 heavy (non-hydrogen) atoms. The van der Waals surface area contributed by atoms with Crippen LogP contribution in [-0.2, 0) is 32.7 Å². The molecule has 0 aliphatic heterocycles. The average Bonchev–Trinajstić information content (AvgIpc) is 3.70. The molecule has 10 heteroatoms. The number of quaternary nitrogens is 1. The van der Waals surface area contributed by atoms with Crippen LogP contribution in [0.3, 0.4) is 0 Å². The highest BCUT2D eigenvalue weighted by Gasteiger charge is 2.22. The fraction of sp³-hybridized carbons (Fsp3) is 0.947. The van der Waals surface area contributed by atoms with Gasteiger partial charge in [-0.25, -0.2) is 0 Å². The molecule has 2 atom stereocenters. The van der Waals surface area contributed by atoms with Gasteiger partial charge in [0.2, 0.25) is 0 Å². The highest BCUT2D eigenvalue weighted by atomic mass is 31.2. The van der Waals surface area contributed by atoms with Gasteiger partial charge < -0.3 is 27.9 Å². The minimum Gasteiger partial charge on any atom is -0.756 e. The Morgan fingerprint density at radius 1 is 0.349 bits per heavy atom. The lowest BCUT2D eigenvalue weighted by atomic mass is 10.0. The molecular weight excluding hydrogens is 1090 g/mol. The van der Waals surface area contributed by atoms with Crippen LogP contribution in [0.5, 0.6) is 0 Å². The maximum absolute atomic E-state index is 12.9. The summed E-state index contributed by atoms with van der Waals surface area (Å²) in [4.78, 5) is 38.1. The van der Waals surface area contributed by atoms with Crippen LogP contribution in [-0.4, -0.2) is 70.0 Å². The first kappa shape index (κ1) is 84.8. The molecule has 0 N–H and O–H groups in total. The molecule has 0 rings (SSSR count). The number of esters is 2. The molecule has 0 amide bonds. The van der Waals surface area contributed by atoms with E-state index in [1.165, 1.54) is 347 Å². The quantitative estimate of drug-likeness (QED) is 0.0195. The first-order chi connectivity index (χ1) is 42.0. The first-order valence-electron chi connectivity index (χ1n) is 38.4. The molecular formula is C76H150NO8P. The van der Waals surface area contributed by atoms with Crippen LogP contribution in [0.1, 0.15) is 412 Å². The van der Waals surface area contributed by atoms with Gasteiger partial charge in [-0.2, -0.15) is 0 Å². The van der Waals surface area contributed by atoms with Crippen LogP contribution in [0.2, 0.25) is 0 Å². The molecule has 0 aliphatic rings. The predicted octanol–water partition coefficient (Wildman–Crippen LogP) is 24.4. The zero-order valence-electron chi connectivity index (χ0n) is 58.6. The standard InChI is InChI=1S/C76H150NO8P/c1-6-8-10-12-14-16-18-20-22-24-26-28-30-32-33-34-35-36-37-38-39-40-41-42-43-45-46-48-50-52-54-56-58-60-62-64-66-68-75(78)82-72-74(73-84-86(80,81)83-71-70-77(3,4)5)85-76(79)69-67-65-63-61-59-57-55-53-51-49-47-44-31-29-27-25-23-21-19-17-15-13-11-9-7-2/h25,27,74H,6-24,26,28-73H2,1-5H3/b27-25-. The summed E-state index contributed by atoms with van der Waals surface area (Å²) in [6.45, 7) is 4.33. The largest absolute Gasteiger partial charge is 0.756 e. The third-order valence-electron chi connectivity index (χ3n) is 17.8. The zero-order chi connectivity index (χ0) is 62.6. The predicted molar refractivity (Wildman–Crippen MR) is 370 cm³/mol. The molecule has 0 aliphatic carbocycles. The van der Waals surface area contributed by atoms with E-state index >= 15 is 0 Å². The molecule has 0 aromatic carbocycles. The highest BCUT2D eigenvalue weighted by Crippen LogP contribution is 2.38. The number of nitrogens with zero attached hydrogens (tertiary/aromatic N) is 1. The van der Waals surface area contributed by atoms with Gasteiger partial charge in [0, 0.05) is 12.8 Å². The van der Waals surface area contributed by atoms with Crippen molar-refractivity contribution in [1.82, 2.24) is 0 Å². The van der Waals surface area contributed by atoms with Crippen LogP contribution >= 0.6 is 7.82 Å². The summed E-state index contributed by atoms with van der Waals surface area (Å²) in [6, 6.07) is 0. The van der Waals surface area contributed by atoms with Gasteiger partial charge in [-0.05, 0) is 38.5 Å². The van der Waals surface area contributed by atoms with E-state index in [1.54, 1.807) is 0 Å². The topological polar surface area (TPSA) is 111 Å². The van der Waals surface area contributed by atoms with Crippen molar-refractivity contribution < 1.29 is 42.1 Å². The lowest BCUT2D eigenvalue weighted by Crippen LogP contribution is -2.37. The fourth-order valence-corrected chi connectivity index (χ4v) is 12.6. The number of unbranched alkanes of at least 4 members (excludes halogenated alkanes) is 57. The van der Waals surface area contributed by atoms with Gasteiger partial charge in [-0.3, -0.25) is 14.2 Å². The SMILES string of the molecule is CCCCCCCCCC/C=C\CCCCCCCCCCCCCCCC(=O)OC(COC(=O)CCCCCCCCCCCCCCCCCCCCCCCCCCCCCCCCCCCCCCC)COP(=O)([O-])OCC[N+](C)(C)C. The summed E-state index contributed by atoms with van der Waals surface area (Å²) in [5.74, 6) is -0.807. The number of phosphoric ester groups is 1. The molecule has 0 spiro atoms. The molecule has 0 saturated heterocycles. The van der Waals surface area contributed by atoms with Gasteiger partial charge in [0.15, 0.2) is 6.10 Å². The van der Waals surface area contributed by atoms with Gasteiger partial charge in [0.1, 0.15) is 19.8 Å². The van der Waals surface area contributed by atoms with Gasteiger partial charge in [0.25, 0.3) is 7.82 Å². The minimum atomic E-state index is -4.64. The molecule has 2 unspecified atom stereocenters. The second kappa shape index (κ2) is 68.1. The second-order valence-electron chi connectivity index (χ2n) is 27.7. The summed E-state index contributed by atoms with van der Waals surface area (Å²) in [5, 5.41) is 0. The molecule has 0 saturated carbocycles. The Morgan fingerprint density at radius 2 is 0.593 bits per heavy atom. The van der Waals surface area contributed by atoms with Crippen molar-refractivity contribution in [3.8, 4) is 0 Å². The maximum Gasteiger partial charge on any atom is 0.306 e. The smallest absolute Gasteiger partial charge is 0.306 e. The van der Waals surface area contributed by atoms with Crippen molar-refractivity contribution in [3.63, 3.8) is 0 Å². The van der Waals surface area contributed by atoms with Gasteiger partial charge >= 0.3 is 11.9 Å². The zero-order valence-corrected chi connectivity index (χ0v) is 59.5. The Labute approximate surface area is 537 Å². The number of allylic oxidation sites excluding steroid dienone is 2. The number of carbonyl (C=O) groups is 2. The summed E-state index contributed by atoms with van der Waals surface area (Å²) >= 11 is 0. The number of phosphoric acid groups is 1. The van der Waals surface area contributed by atoms with E-state index in [1.807, 2.05) is 21.1 Å². The van der Waals surface area contributed by atoms with E-state index in [-0.39, 0.29) is 32.0 Å². The average molecular weight is 1240 g/mol. The Kier molecular flexibility index (Phi) is 67.1. The van der Waals surface area contributed by atoms with Gasteiger partial charge in [-0.1, -0.05) is 373 Å². The minimum absolute atomic E-state index is 0.0264. The lowest BCUT2D eigenvalue weighted by Gasteiger charge is -2.28. The number of hydrogen-bond acceptors (Lipinski definition) is 8. The monoisotopic (exact) mass is 1240 g/mol. The Bertz CT molecular complexity index is 1450. The Hall–Kier alpha value is -1.25. The van der Waals surface area contributed by atoms with Crippen molar-refractivity contribution in [2.24, 2.45) is 0 Å². The van der Waals surface area contributed by atoms with Crippen LogP contribution in [0.4, 0.5) is 0 Å². The molecule has 0 aromatic rings. The highest BCUT2D eigenvalue weighted by molar-refractivity contribution is 7.45. The molecule has 0 heterocycles. The normalized spacial score (nSPS) is 13.0. The van der Waals surface area contributed by atoms with Crippen molar-refractivity contribution >= 4 is 19.8 Å². The van der Waals surface area contributed by atoms with Crippen LogP contribution in [0, 0.1) is 0 Å². The Morgan fingerprint density at radius 3 is 0.860 bits per heavy atom. The number of hydrogen-bond donors (Lipinski definition) is 0. The van der Waals surface area contributed by atoms with Gasteiger partial charge in [0.05, 0.1) is 27.7 Å². The third kappa shape index (κ3) is 71.8. The number of likely N-dealkylation sites (N-methyl/N-ethyl adjacent to an activating group) is 1. The number of ether oxygens (including phenoxy) is 2. The van der Waals surface area contributed by atoms with Crippen molar-refractivity contribution in [2.75, 3.05) is 47.5 Å². The number of rotatable bonds is 73. The van der Waals surface area contributed by atoms with Crippen LogP contribution in [0.15, 0.2) is 12.2 Å². The summed E-state index contributed by atoms with van der Waals surface area (Å²) in [5.41, 5.74) is 0. The molecule has 9 nitrogen and oxygen atoms in total. The van der Waals surface area contributed by atoms with Crippen molar-refractivity contribution in [2.45, 2.75) is 418 Å². The lowest BCUT2D eigenvalue weighted by molar-refractivity contribution is -0.870. The van der Waals surface area contributed by atoms with E-state index in [2.05, 4.69) is 26.0 Å². The maximum atomic E-state index is 12.9. The molecule has 0 fully saturated rings. The molecule has 512 valence electrons. The Balaban J connectivity index is 3.89. The van der Waals surface area contributed by atoms with E-state index in [9.17, 15) is 19.0 Å².